The molecule has 0 aliphatic carbocycles. The maximum absolute atomic E-state index is 13.6. The van der Waals surface area contributed by atoms with E-state index in [-0.39, 0.29) is 10.7 Å². The van der Waals surface area contributed by atoms with Gasteiger partial charge in [-0.3, -0.25) is 4.98 Å². The van der Waals surface area contributed by atoms with Crippen LogP contribution in [0.1, 0.15) is 11.1 Å². The molecule has 0 bridgehead atoms. The summed E-state index contributed by atoms with van der Waals surface area (Å²) in [6.45, 7) is 2.23. The summed E-state index contributed by atoms with van der Waals surface area (Å²) in [6.07, 6.45) is 3.59. The van der Waals surface area contributed by atoms with Crippen molar-refractivity contribution in [3.8, 4) is 0 Å². The highest BCUT2D eigenvalue weighted by molar-refractivity contribution is 7.90. The van der Waals surface area contributed by atoms with Gasteiger partial charge < -0.3 is 10.6 Å². The van der Waals surface area contributed by atoms with Crippen molar-refractivity contribution in [1.82, 2.24) is 14.3 Å². The third kappa shape index (κ3) is 4.01. The van der Waals surface area contributed by atoms with Gasteiger partial charge in [0.2, 0.25) is 0 Å². The number of halogens is 2. The fourth-order valence-corrected chi connectivity index (χ4v) is 4.80. The maximum atomic E-state index is 13.6. The summed E-state index contributed by atoms with van der Waals surface area (Å²) in [5.41, 5.74) is 3.25. The van der Waals surface area contributed by atoms with Gasteiger partial charge in [0.05, 0.1) is 11.7 Å². The van der Waals surface area contributed by atoms with E-state index in [2.05, 4.69) is 15.6 Å². The average Bonchev–Trinajstić information content (AvgIpc) is 3.09. The minimum absolute atomic E-state index is 0.242. The van der Waals surface area contributed by atoms with Crippen LogP contribution in [0.3, 0.4) is 0 Å². The van der Waals surface area contributed by atoms with Crippen LogP contribution in [0.15, 0.2) is 66.0 Å². The van der Waals surface area contributed by atoms with Gasteiger partial charge in [-0.25, -0.2) is 21.2 Å². The molecule has 0 saturated carbocycles. The van der Waals surface area contributed by atoms with Crippen LogP contribution in [-0.2, 0) is 16.6 Å². The van der Waals surface area contributed by atoms with Crippen molar-refractivity contribution in [2.75, 3.05) is 12.4 Å². The maximum Gasteiger partial charge on any atom is 0.269 e. The molecule has 6 nitrogen and oxygen atoms in total. The molecule has 9 heteroatoms. The predicted octanol–water partition coefficient (Wildman–Crippen LogP) is 4.32. The molecule has 0 unspecified atom stereocenters. The molecule has 31 heavy (non-hydrogen) atoms. The highest BCUT2D eigenvalue weighted by Gasteiger charge is 2.22. The Hall–Kier alpha value is -3.30. The second-order valence-corrected chi connectivity index (χ2v) is 8.96. The fraction of sp³-hybridized carbons (Fsp3) is 0.136. The molecular formula is C22H20F2N4O2S. The number of benzene rings is 2. The zero-order chi connectivity index (χ0) is 22.2. The normalized spacial score (nSPS) is 11.7. The van der Waals surface area contributed by atoms with Crippen LogP contribution in [0.25, 0.3) is 10.9 Å². The Balaban J connectivity index is 1.85. The number of nitrogens with one attached hydrogen (secondary N) is 2. The predicted molar refractivity (Wildman–Crippen MR) is 116 cm³/mol. The summed E-state index contributed by atoms with van der Waals surface area (Å²) in [5, 5.41) is 6.96. The van der Waals surface area contributed by atoms with E-state index in [1.165, 1.54) is 18.3 Å². The van der Waals surface area contributed by atoms with E-state index in [1.807, 2.05) is 12.1 Å². The molecule has 4 aromatic rings. The Morgan fingerprint density at radius 1 is 1.03 bits per heavy atom. The van der Waals surface area contributed by atoms with Crippen LogP contribution in [0, 0.1) is 18.6 Å². The van der Waals surface area contributed by atoms with Crippen LogP contribution < -0.4 is 10.6 Å². The number of fused-ring (bicyclic) bond motifs is 1. The smallest absolute Gasteiger partial charge is 0.269 e. The lowest BCUT2D eigenvalue weighted by Crippen LogP contribution is -2.13. The van der Waals surface area contributed by atoms with E-state index >= 15 is 0 Å². The Bertz CT molecular complexity index is 1380. The Morgan fingerprint density at radius 2 is 1.84 bits per heavy atom. The SMILES string of the molecule is CNCc1cn(S(=O)(=O)c2cncc(F)c2)c2cc(Nc3ccc(F)cc3C)ccc12. The molecule has 0 radical (unpaired) electrons. The molecule has 0 spiro atoms. The first-order valence-electron chi connectivity index (χ1n) is 9.47. The van der Waals surface area contributed by atoms with Crippen molar-refractivity contribution in [2.24, 2.45) is 0 Å². The second-order valence-electron chi connectivity index (χ2n) is 7.14. The van der Waals surface area contributed by atoms with E-state index in [4.69, 9.17) is 0 Å². The molecule has 2 aromatic carbocycles. The summed E-state index contributed by atoms with van der Waals surface area (Å²) in [5.74, 6) is -1.07. The van der Waals surface area contributed by atoms with Crippen molar-refractivity contribution in [1.29, 1.82) is 0 Å². The number of nitrogens with zero attached hydrogens (tertiary/aromatic N) is 2. The number of hydrogen-bond donors (Lipinski definition) is 2. The average molecular weight is 442 g/mol. The fourth-order valence-electron chi connectivity index (χ4n) is 3.44. The summed E-state index contributed by atoms with van der Waals surface area (Å²) >= 11 is 0. The monoisotopic (exact) mass is 442 g/mol. The van der Waals surface area contributed by atoms with E-state index in [9.17, 15) is 17.2 Å². The number of aromatic nitrogens is 2. The van der Waals surface area contributed by atoms with Crippen LogP contribution in [0.2, 0.25) is 0 Å². The Morgan fingerprint density at radius 3 is 2.55 bits per heavy atom. The van der Waals surface area contributed by atoms with Crippen molar-refractivity contribution in [3.63, 3.8) is 0 Å². The minimum Gasteiger partial charge on any atom is -0.355 e. The topological polar surface area (TPSA) is 76.0 Å². The van der Waals surface area contributed by atoms with Crippen LogP contribution in [-0.4, -0.2) is 24.4 Å². The molecule has 2 heterocycles. The number of anilines is 2. The van der Waals surface area contributed by atoms with Gasteiger partial charge in [-0.05, 0) is 61.5 Å². The summed E-state index contributed by atoms with van der Waals surface area (Å²) < 4.78 is 54.7. The highest BCUT2D eigenvalue weighted by atomic mass is 32.2. The highest BCUT2D eigenvalue weighted by Crippen LogP contribution is 2.30. The molecule has 4 rings (SSSR count). The molecule has 0 aliphatic rings. The first-order valence-corrected chi connectivity index (χ1v) is 10.9. The first kappa shape index (κ1) is 21.0. The zero-order valence-electron chi connectivity index (χ0n) is 16.9. The van der Waals surface area contributed by atoms with Gasteiger partial charge in [0.25, 0.3) is 10.0 Å². The standard InChI is InChI=1S/C22H20F2N4O2S/c1-14-7-16(23)3-6-21(14)27-18-4-5-20-15(10-25-2)13-28(22(20)9-18)31(29,30)19-8-17(24)11-26-12-19/h3-9,11-13,25,27H,10H2,1-2H3. The Labute approximate surface area is 178 Å². The van der Waals surface area contributed by atoms with Gasteiger partial charge in [-0.15, -0.1) is 0 Å². The molecule has 0 aliphatic heterocycles. The summed E-state index contributed by atoms with van der Waals surface area (Å²) in [7, 11) is -2.31. The number of hydrogen-bond acceptors (Lipinski definition) is 5. The van der Waals surface area contributed by atoms with Crippen molar-refractivity contribution in [3.05, 3.63) is 83.8 Å². The van der Waals surface area contributed by atoms with Crippen molar-refractivity contribution >= 4 is 32.3 Å². The molecule has 0 atom stereocenters. The van der Waals surface area contributed by atoms with Crippen LogP contribution in [0.4, 0.5) is 20.2 Å². The second kappa shape index (κ2) is 8.09. The van der Waals surface area contributed by atoms with E-state index in [1.54, 1.807) is 26.1 Å². The van der Waals surface area contributed by atoms with E-state index < -0.39 is 15.8 Å². The third-order valence-corrected chi connectivity index (χ3v) is 6.56. The van der Waals surface area contributed by atoms with Gasteiger partial charge in [0, 0.05) is 35.7 Å². The van der Waals surface area contributed by atoms with Crippen molar-refractivity contribution < 1.29 is 17.2 Å². The van der Waals surface area contributed by atoms with Gasteiger partial charge >= 0.3 is 0 Å². The van der Waals surface area contributed by atoms with Crippen LogP contribution >= 0.6 is 0 Å². The number of aryl methyl sites for hydroxylation is 1. The third-order valence-electron chi connectivity index (χ3n) is 4.93. The molecule has 0 fully saturated rings. The molecule has 160 valence electrons. The van der Waals surface area contributed by atoms with E-state index in [0.717, 1.165) is 33.4 Å². The quantitative estimate of drug-likeness (QED) is 0.465. The molecule has 0 amide bonds. The summed E-state index contributed by atoms with van der Waals surface area (Å²) in [6, 6.07) is 10.7. The lowest BCUT2D eigenvalue weighted by molar-refractivity contribution is 0.582. The van der Waals surface area contributed by atoms with Gasteiger partial charge in [-0.2, -0.15) is 0 Å². The molecular weight excluding hydrogens is 422 g/mol. The first-order chi connectivity index (χ1) is 14.8. The van der Waals surface area contributed by atoms with Gasteiger partial charge in [-0.1, -0.05) is 6.07 Å². The molecule has 2 N–H and O–H groups in total. The van der Waals surface area contributed by atoms with Crippen LogP contribution in [0.5, 0.6) is 0 Å². The molecule has 0 saturated heterocycles. The minimum atomic E-state index is -4.08. The number of rotatable bonds is 6. The van der Waals surface area contributed by atoms with Gasteiger partial charge in [0.15, 0.2) is 0 Å². The van der Waals surface area contributed by atoms with Crippen molar-refractivity contribution in [2.45, 2.75) is 18.4 Å². The Kier molecular flexibility index (Phi) is 5.47. The summed E-state index contributed by atoms with van der Waals surface area (Å²) in [4.78, 5) is 3.42. The lowest BCUT2D eigenvalue weighted by atomic mass is 10.1. The largest absolute Gasteiger partial charge is 0.355 e. The number of pyridine rings is 1. The van der Waals surface area contributed by atoms with E-state index in [0.29, 0.717) is 29.0 Å². The molecule has 2 aromatic heterocycles. The van der Waals surface area contributed by atoms with Gasteiger partial charge in [0.1, 0.15) is 16.5 Å². The zero-order valence-corrected chi connectivity index (χ0v) is 17.7. The lowest BCUT2D eigenvalue weighted by Gasteiger charge is -2.11.